The van der Waals surface area contributed by atoms with Gasteiger partial charge in [0.15, 0.2) is 0 Å². The van der Waals surface area contributed by atoms with Crippen LogP contribution in [0.4, 0.5) is 0 Å². The highest BCUT2D eigenvalue weighted by atomic mass is 16.3. The van der Waals surface area contributed by atoms with Crippen LogP contribution in [0.5, 0.6) is 11.5 Å². The Balaban J connectivity index is 2.71. The Morgan fingerprint density at radius 2 is 1.31 bits per heavy atom. The van der Waals surface area contributed by atoms with Crippen molar-refractivity contribution in [3.05, 3.63) is 70.8 Å². The molecule has 2 aromatic rings. The van der Waals surface area contributed by atoms with E-state index in [1.54, 1.807) is 0 Å². The van der Waals surface area contributed by atoms with Gasteiger partial charge in [-0.15, -0.1) is 0 Å². The number of hydrogen-bond donors (Lipinski definition) is 3. The molecule has 0 bridgehead atoms. The molecule has 4 heteroatoms. The fourth-order valence-corrected chi connectivity index (χ4v) is 3.67. The molecule has 4 nitrogen and oxygen atoms in total. The minimum Gasteiger partial charge on any atom is -0.507 e. The standard InChI is InChI=1S/C25H31NO3/c1-14(2)20-10-16(5)12-22(24(20)28)19(8-9-26-18(7)27)23-13-17(6)11-21(15(3)4)25(23)29/h10-13,19,28-29H,1,3,8-9H2,2,4-7H3,(H,26,27). The molecule has 29 heavy (non-hydrogen) atoms. The Kier molecular flexibility index (Phi) is 6.91. The van der Waals surface area contributed by atoms with E-state index in [1.807, 2.05) is 52.0 Å². The Morgan fingerprint density at radius 1 is 0.897 bits per heavy atom. The number of benzene rings is 2. The van der Waals surface area contributed by atoms with Gasteiger partial charge in [-0.3, -0.25) is 4.79 Å². The predicted molar refractivity (Wildman–Crippen MR) is 120 cm³/mol. The molecular formula is C25H31NO3. The summed E-state index contributed by atoms with van der Waals surface area (Å²) in [5.74, 6) is -0.101. The molecule has 0 unspecified atom stereocenters. The maximum Gasteiger partial charge on any atom is 0.216 e. The first-order chi connectivity index (χ1) is 13.5. The average Bonchev–Trinajstić information content (AvgIpc) is 2.62. The van der Waals surface area contributed by atoms with Crippen LogP contribution in [0.2, 0.25) is 0 Å². The first-order valence-electron chi connectivity index (χ1n) is 9.76. The van der Waals surface area contributed by atoms with Gasteiger partial charge in [-0.2, -0.15) is 0 Å². The Bertz CT molecular complexity index is 903. The number of hydrogen-bond acceptors (Lipinski definition) is 3. The minimum atomic E-state index is -0.308. The third kappa shape index (κ3) is 5.08. The molecule has 0 aliphatic carbocycles. The molecule has 3 N–H and O–H groups in total. The van der Waals surface area contributed by atoms with Crippen LogP contribution >= 0.6 is 0 Å². The summed E-state index contributed by atoms with van der Waals surface area (Å²) >= 11 is 0. The van der Waals surface area contributed by atoms with Gasteiger partial charge in [-0.25, -0.2) is 0 Å². The first kappa shape index (κ1) is 22.3. The number of rotatable bonds is 7. The summed E-state index contributed by atoms with van der Waals surface area (Å²) in [5.41, 5.74) is 6.32. The van der Waals surface area contributed by atoms with Crippen molar-refractivity contribution in [3.8, 4) is 11.5 Å². The average molecular weight is 394 g/mol. The van der Waals surface area contributed by atoms with E-state index < -0.39 is 0 Å². The smallest absolute Gasteiger partial charge is 0.216 e. The van der Waals surface area contributed by atoms with Gasteiger partial charge in [0.05, 0.1) is 0 Å². The molecule has 0 atom stereocenters. The number of carbonyl (C=O) groups is 1. The molecule has 0 aromatic heterocycles. The summed E-state index contributed by atoms with van der Waals surface area (Å²) in [7, 11) is 0. The highest BCUT2D eigenvalue weighted by Gasteiger charge is 2.25. The number of nitrogens with one attached hydrogen (secondary N) is 1. The fraction of sp³-hybridized carbons (Fsp3) is 0.320. The lowest BCUT2D eigenvalue weighted by atomic mass is 9.82. The Hall–Kier alpha value is -3.01. The second-order valence-electron chi connectivity index (χ2n) is 7.89. The van der Waals surface area contributed by atoms with E-state index in [2.05, 4.69) is 18.5 Å². The SMILES string of the molecule is C=C(C)c1cc(C)cc(C(CCNC(C)=O)c2cc(C)cc(C(=C)C)c2O)c1O. The number of aromatic hydroxyl groups is 2. The van der Waals surface area contributed by atoms with Crippen molar-refractivity contribution in [2.24, 2.45) is 0 Å². The van der Waals surface area contributed by atoms with Crippen LogP contribution in [0.15, 0.2) is 37.4 Å². The molecule has 1 amide bonds. The molecule has 2 rings (SSSR count). The normalized spacial score (nSPS) is 10.8. The lowest BCUT2D eigenvalue weighted by Crippen LogP contribution is -2.23. The summed E-state index contributed by atoms with van der Waals surface area (Å²) in [5, 5.41) is 24.9. The minimum absolute atomic E-state index is 0.115. The zero-order chi connectivity index (χ0) is 21.9. The summed E-state index contributed by atoms with van der Waals surface area (Å²) in [6.45, 7) is 17.5. The third-order valence-electron chi connectivity index (χ3n) is 5.04. The van der Waals surface area contributed by atoms with Crippen molar-refractivity contribution in [2.75, 3.05) is 6.54 Å². The molecule has 0 aliphatic heterocycles. The van der Waals surface area contributed by atoms with Gasteiger partial charge in [0, 0.05) is 41.6 Å². The number of allylic oxidation sites excluding steroid dienone is 2. The Labute approximate surface area is 173 Å². The summed E-state index contributed by atoms with van der Waals surface area (Å²) in [4.78, 5) is 11.4. The molecule has 0 heterocycles. The van der Waals surface area contributed by atoms with Crippen LogP contribution < -0.4 is 5.32 Å². The largest absolute Gasteiger partial charge is 0.507 e. The van der Waals surface area contributed by atoms with Gasteiger partial charge in [0.25, 0.3) is 0 Å². The van der Waals surface area contributed by atoms with E-state index in [4.69, 9.17) is 0 Å². The van der Waals surface area contributed by atoms with Crippen molar-refractivity contribution >= 4 is 17.1 Å². The number of phenolic OH excluding ortho intramolecular Hbond substituents is 2. The highest BCUT2D eigenvalue weighted by Crippen LogP contribution is 2.43. The van der Waals surface area contributed by atoms with Crippen LogP contribution in [0.1, 0.15) is 66.5 Å². The predicted octanol–water partition coefficient (Wildman–Crippen LogP) is 5.44. The number of phenols is 2. The summed E-state index contributed by atoms with van der Waals surface area (Å²) < 4.78 is 0. The summed E-state index contributed by atoms with van der Waals surface area (Å²) in [6, 6.07) is 7.67. The summed E-state index contributed by atoms with van der Waals surface area (Å²) in [6.07, 6.45) is 0.527. The maximum atomic E-state index is 11.4. The topological polar surface area (TPSA) is 69.6 Å². The maximum absolute atomic E-state index is 11.4. The van der Waals surface area contributed by atoms with Crippen molar-refractivity contribution in [1.29, 1.82) is 0 Å². The van der Waals surface area contributed by atoms with Crippen LogP contribution in [-0.2, 0) is 4.79 Å². The number of aryl methyl sites for hydroxylation is 2. The van der Waals surface area contributed by atoms with E-state index in [0.29, 0.717) is 35.2 Å². The third-order valence-corrected chi connectivity index (χ3v) is 5.04. The van der Waals surface area contributed by atoms with Crippen molar-refractivity contribution in [3.63, 3.8) is 0 Å². The van der Waals surface area contributed by atoms with Crippen molar-refractivity contribution < 1.29 is 15.0 Å². The van der Waals surface area contributed by atoms with Gasteiger partial charge in [0.1, 0.15) is 11.5 Å². The Morgan fingerprint density at radius 3 is 1.66 bits per heavy atom. The lowest BCUT2D eigenvalue weighted by Gasteiger charge is -2.24. The zero-order valence-corrected chi connectivity index (χ0v) is 18.0. The highest BCUT2D eigenvalue weighted by molar-refractivity contribution is 5.73. The molecule has 2 aromatic carbocycles. The lowest BCUT2D eigenvalue weighted by molar-refractivity contribution is -0.118. The monoisotopic (exact) mass is 393 g/mol. The van der Waals surface area contributed by atoms with Crippen molar-refractivity contribution in [2.45, 2.75) is 47.0 Å². The van der Waals surface area contributed by atoms with E-state index in [0.717, 1.165) is 22.3 Å². The van der Waals surface area contributed by atoms with Crippen LogP contribution in [0, 0.1) is 13.8 Å². The zero-order valence-electron chi connectivity index (χ0n) is 18.0. The number of carbonyl (C=O) groups excluding carboxylic acids is 1. The van der Waals surface area contributed by atoms with E-state index in [9.17, 15) is 15.0 Å². The van der Waals surface area contributed by atoms with Gasteiger partial charge in [-0.05, 0) is 68.5 Å². The molecule has 0 radical (unpaired) electrons. The second-order valence-corrected chi connectivity index (χ2v) is 7.89. The molecule has 0 saturated heterocycles. The molecule has 0 fully saturated rings. The van der Waals surface area contributed by atoms with Crippen LogP contribution in [0.25, 0.3) is 11.1 Å². The molecule has 0 aliphatic rings. The first-order valence-corrected chi connectivity index (χ1v) is 9.76. The second kappa shape index (κ2) is 8.99. The van der Waals surface area contributed by atoms with Gasteiger partial charge >= 0.3 is 0 Å². The number of amides is 1. The van der Waals surface area contributed by atoms with Gasteiger partial charge < -0.3 is 15.5 Å². The van der Waals surface area contributed by atoms with Crippen LogP contribution in [-0.4, -0.2) is 22.7 Å². The van der Waals surface area contributed by atoms with E-state index in [1.165, 1.54) is 6.92 Å². The fourth-order valence-electron chi connectivity index (χ4n) is 3.67. The molecule has 0 spiro atoms. The van der Waals surface area contributed by atoms with Crippen molar-refractivity contribution in [1.82, 2.24) is 5.32 Å². The van der Waals surface area contributed by atoms with E-state index >= 15 is 0 Å². The molecule has 0 saturated carbocycles. The molecule has 154 valence electrons. The molecular weight excluding hydrogens is 362 g/mol. The van der Waals surface area contributed by atoms with Gasteiger partial charge in [-0.1, -0.05) is 25.3 Å². The van der Waals surface area contributed by atoms with Crippen LogP contribution in [0.3, 0.4) is 0 Å². The van der Waals surface area contributed by atoms with Gasteiger partial charge in [0.2, 0.25) is 5.91 Å². The quantitative estimate of drug-likeness (QED) is 0.587. The van der Waals surface area contributed by atoms with E-state index in [-0.39, 0.29) is 23.3 Å².